The van der Waals surface area contributed by atoms with Gasteiger partial charge in [-0.1, -0.05) is 55.5 Å². The minimum absolute atomic E-state index is 0.0489. The van der Waals surface area contributed by atoms with E-state index in [4.69, 9.17) is 11.6 Å². The standard InChI is InChI=1S/C27H27ClN6O3/c1-2-21(35)31-19-11-20(24(37)23(19)36)34-13-30-22-25(32-27(28)33-26(22)34)29-12-18-16-9-5-3-7-14(16)15-8-4-6-10-17(15)18/h3-10,13,18-20,23-24,36-37H,2,11-12H2,1H3,(H,31,35)(H,29,32,33)/t19-,20+,23+,24-/m0/s1. The van der Waals surface area contributed by atoms with Crippen LogP contribution in [0, 0.1) is 0 Å². The third kappa shape index (κ3) is 4.03. The molecule has 0 saturated heterocycles. The first-order chi connectivity index (χ1) is 18.0. The third-order valence-corrected chi connectivity index (χ3v) is 7.68. The summed E-state index contributed by atoms with van der Waals surface area (Å²) in [6.45, 7) is 2.32. The van der Waals surface area contributed by atoms with Gasteiger partial charge in [-0.25, -0.2) is 4.98 Å². The summed E-state index contributed by atoms with van der Waals surface area (Å²) >= 11 is 6.33. The number of aliphatic hydroxyl groups is 2. The second kappa shape index (κ2) is 9.41. The number of aliphatic hydroxyl groups excluding tert-OH is 2. The number of anilines is 1. The van der Waals surface area contributed by atoms with Crippen molar-refractivity contribution in [3.05, 3.63) is 71.3 Å². The molecule has 4 aromatic rings. The molecule has 6 rings (SSSR count). The summed E-state index contributed by atoms with van der Waals surface area (Å²) in [5.74, 6) is 0.451. The third-order valence-electron chi connectivity index (χ3n) is 7.51. The number of aromatic nitrogens is 4. The van der Waals surface area contributed by atoms with Gasteiger partial charge in [0.1, 0.15) is 12.2 Å². The Morgan fingerprint density at radius 3 is 2.41 bits per heavy atom. The Hall–Kier alpha value is -3.53. The van der Waals surface area contributed by atoms with Gasteiger partial charge in [0.15, 0.2) is 17.0 Å². The molecule has 4 N–H and O–H groups in total. The highest BCUT2D eigenvalue weighted by atomic mass is 35.5. The molecule has 1 amide bonds. The summed E-state index contributed by atoms with van der Waals surface area (Å²) in [7, 11) is 0. The molecule has 2 aliphatic carbocycles. The number of amides is 1. The molecule has 0 bridgehead atoms. The molecule has 2 aliphatic rings. The summed E-state index contributed by atoms with van der Waals surface area (Å²) in [6, 6.07) is 15.7. The van der Waals surface area contributed by atoms with Crippen LogP contribution in [0.25, 0.3) is 22.3 Å². The molecule has 0 aliphatic heterocycles. The quantitative estimate of drug-likeness (QED) is 0.289. The molecular weight excluding hydrogens is 492 g/mol. The van der Waals surface area contributed by atoms with Gasteiger partial charge in [0.25, 0.3) is 0 Å². The number of carbonyl (C=O) groups excluding carboxylic acids is 1. The van der Waals surface area contributed by atoms with Gasteiger partial charge in [0, 0.05) is 18.9 Å². The maximum atomic E-state index is 11.9. The Morgan fingerprint density at radius 2 is 1.73 bits per heavy atom. The monoisotopic (exact) mass is 518 g/mol. The highest BCUT2D eigenvalue weighted by Gasteiger charge is 2.43. The van der Waals surface area contributed by atoms with Gasteiger partial charge in [-0.05, 0) is 40.3 Å². The summed E-state index contributed by atoms with van der Waals surface area (Å²) in [4.78, 5) is 25.2. The van der Waals surface area contributed by atoms with Crippen molar-refractivity contribution in [1.29, 1.82) is 0 Å². The number of hydrogen-bond donors (Lipinski definition) is 4. The van der Waals surface area contributed by atoms with Gasteiger partial charge in [0.2, 0.25) is 11.2 Å². The second-order valence-corrected chi connectivity index (χ2v) is 9.92. The smallest absolute Gasteiger partial charge is 0.226 e. The summed E-state index contributed by atoms with van der Waals surface area (Å²) in [6.07, 6.45) is 0.00310. The average molecular weight is 519 g/mol. The predicted molar refractivity (Wildman–Crippen MR) is 140 cm³/mol. The van der Waals surface area contributed by atoms with E-state index in [-0.39, 0.29) is 17.1 Å². The average Bonchev–Trinajstić information content (AvgIpc) is 3.55. The van der Waals surface area contributed by atoms with Crippen molar-refractivity contribution >= 4 is 34.5 Å². The van der Waals surface area contributed by atoms with E-state index >= 15 is 0 Å². The molecule has 0 radical (unpaired) electrons. The molecule has 0 unspecified atom stereocenters. The molecule has 2 aromatic carbocycles. The van der Waals surface area contributed by atoms with Crippen LogP contribution in [0.5, 0.6) is 0 Å². The Morgan fingerprint density at radius 1 is 1.05 bits per heavy atom. The number of hydrogen-bond acceptors (Lipinski definition) is 7. The van der Waals surface area contributed by atoms with Crippen molar-refractivity contribution in [3.63, 3.8) is 0 Å². The molecule has 2 heterocycles. The number of benzene rings is 2. The lowest BCUT2D eigenvalue weighted by Gasteiger charge is -2.18. The molecule has 4 atom stereocenters. The van der Waals surface area contributed by atoms with Crippen molar-refractivity contribution in [2.24, 2.45) is 0 Å². The highest BCUT2D eigenvalue weighted by molar-refractivity contribution is 6.28. The van der Waals surface area contributed by atoms with E-state index < -0.39 is 24.3 Å². The van der Waals surface area contributed by atoms with E-state index in [9.17, 15) is 15.0 Å². The lowest BCUT2D eigenvalue weighted by molar-refractivity contribution is -0.122. The number of halogens is 1. The van der Waals surface area contributed by atoms with Crippen LogP contribution >= 0.6 is 11.6 Å². The molecule has 10 heteroatoms. The van der Waals surface area contributed by atoms with Crippen LogP contribution < -0.4 is 10.6 Å². The van der Waals surface area contributed by atoms with E-state index in [1.54, 1.807) is 17.8 Å². The Labute approximate surface area is 218 Å². The van der Waals surface area contributed by atoms with Gasteiger partial charge in [-0.2, -0.15) is 9.97 Å². The highest BCUT2D eigenvalue weighted by Crippen LogP contribution is 2.44. The Balaban J connectivity index is 1.29. The summed E-state index contributed by atoms with van der Waals surface area (Å²) in [5.41, 5.74) is 5.94. The Kier molecular flexibility index (Phi) is 6.06. The fraction of sp³-hybridized carbons (Fsp3) is 0.333. The molecule has 1 saturated carbocycles. The zero-order valence-electron chi connectivity index (χ0n) is 20.2. The molecule has 9 nitrogen and oxygen atoms in total. The van der Waals surface area contributed by atoms with Crippen LogP contribution in [0.4, 0.5) is 5.82 Å². The lowest BCUT2D eigenvalue weighted by atomic mass is 9.97. The molecule has 1 fully saturated rings. The van der Waals surface area contributed by atoms with Crippen LogP contribution in [0.3, 0.4) is 0 Å². The number of nitrogens with zero attached hydrogens (tertiary/aromatic N) is 4. The normalized spacial score (nSPS) is 22.7. The van der Waals surface area contributed by atoms with Crippen molar-refractivity contribution in [2.45, 2.75) is 50.0 Å². The molecule has 37 heavy (non-hydrogen) atoms. The zero-order valence-corrected chi connectivity index (χ0v) is 20.9. The number of nitrogens with one attached hydrogen (secondary N) is 2. The topological polar surface area (TPSA) is 125 Å². The van der Waals surface area contributed by atoms with Crippen molar-refractivity contribution in [2.75, 3.05) is 11.9 Å². The van der Waals surface area contributed by atoms with E-state index in [0.29, 0.717) is 36.4 Å². The second-order valence-electron chi connectivity index (χ2n) is 9.59. The van der Waals surface area contributed by atoms with Crippen LogP contribution in [0.1, 0.15) is 42.9 Å². The fourth-order valence-corrected chi connectivity index (χ4v) is 5.83. The molecule has 0 spiro atoms. The van der Waals surface area contributed by atoms with Crippen molar-refractivity contribution < 1.29 is 15.0 Å². The van der Waals surface area contributed by atoms with Crippen LogP contribution in [0.15, 0.2) is 54.9 Å². The van der Waals surface area contributed by atoms with E-state index in [1.807, 2.05) is 0 Å². The van der Waals surface area contributed by atoms with Gasteiger partial charge >= 0.3 is 0 Å². The molecule has 190 valence electrons. The van der Waals surface area contributed by atoms with Crippen molar-refractivity contribution in [1.82, 2.24) is 24.8 Å². The van der Waals surface area contributed by atoms with Crippen LogP contribution in [-0.4, -0.2) is 60.4 Å². The summed E-state index contributed by atoms with van der Waals surface area (Å²) in [5, 5.41) is 27.6. The Bertz CT molecular complexity index is 1440. The first-order valence-corrected chi connectivity index (χ1v) is 12.8. The SMILES string of the molecule is CCC(=O)N[C@H]1C[C@@H](n2cnc3c(NCC4c5ccccc5-c5ccccc54)nc(Cl)nc32)[C@H](O)[C@@H]1O. The largest absolute Gasteiger partial charge is 0.388 e. The molecular formula is C27H27ClN6O3. The lowest BCUT2D eigenvalue weighted by Crippen LogP contribution is -2.42. The van der Waals surface area contributed by atoms with Crippen LogP contribution in [-0.2, 0) is 4.79 Å². The van der Waals surface area contributed by atoms with E-state index in [1.165, 1.54) is 22.3 Å². The van der Waals surface area contributed by atoms with E-state index in [0.717, 1.165) is 0 Å². The number of fused-ring (bicyclic) bond motifs is 4. The minimum Gasteiger partial charge on any atom is -0.388 e. The van der Waals surface area contributed by atoms with Gasteiger partial charge in [-0.15, -0.1) is 0 Å². The predicted octanol–water partition coefficient (Wildman–Crippen LogP) is 3.27. The zero-order chi connectivity index (χ0) is 25.7. The number of rotatable bonds is 6. The van der Waals surface area contributed by atoms with Gasteiger partial charge in [-0.3, -0.25) is 4.79 Å². The first-order valence-electron chi connectivity index (χ1n) is 12.4. The fourth-order valence-electron chi connectivity index (χ4n) is 5.67. The number of imidazole rings is 1. The van der Waals surface area contributed by atoms with Crippen LogP contribution in [0.2, 0.25) is 5.28 Å². The number of carbonyl (C=O) groups is 1. The molecule has 2 aromatic heterocycles. The van der Waals surface area contributed by atoms with Gasteiger partial charge < -0.3 is 25.4 Å². The van der Waals surface area contributed by atoms with E-state index in [2.05, 4.69) is 74.1 Å². The maximum absolute atomic E-state index is 11.9. The van der Waals surface area contributed by atoms with Crippen molar-refractivity contribution in [3.8, 4) is 11.1 Å². The first kappa shape index (κ1) is 23.8. The maximum Gasteiger partial charge on any atom is 0.226 e. The van der Waals surface area contributed by atoms with Gasteiger partial charge in [0.05, 0.1) is 18.4 Å². The summed E-state index contributed by atoms with van der Waals surface area (Å²) < 4.78 is 1.71. The minimum atomic E-state index is -1.10.